The number of rotatable bonds is 17. The van der Waals surface area contributed by atoms with Gasteiger partial charge in [0.25, 0.3) is 0 Å². The zero-order chi connectivity index (χ0) is 44.9. The molecule has 6 nitrogen and oxygen atoms in total. The predicted molar refractivity (Wildman–Crippen MR) is 258 cm³/mol. The zero-order valence-corrected chi connectivity index (χ0v) is 44.1. The van der Waals surface area contributed by atoms with Crippen molar-refractivity contribution < 1.29 is 0 Å². The van der Waals surface area contributed by atoms with Crippen molar-refractivity contribution in [2.24, 2.45) is 5.92 Å². The maximum Gasteiger partial charge on any atom is 0.00414 e. The summed E-state index contributed by atoms with van der Waals surface area (Å²) < 4.78 is 0. The Morgan fingerprint density at radius 3 is 0.545 bits per heavy atom. The van der Waals surface area contributed by atoms with Gasteiger partial charge in [-0.1, -0.05) is 27.2 Å². The third-order valence-electron chi connectivity index (χ3n) is 11.4. The largest absolute Gasteiger partial charge is 0.302 e. The first kappa shape index (κ1) is 63.9. The van der Waals surface area contributed by atoms with Gasteiger partial charge < -0.3 is 9.80 Å². The van der Waals surface area contributed by atoms with E-state index in [0.717, 1.165) is 25.6 Å². The van der Waals surface area contributed by atoms with Crippen LogP contribution in [-0.4, -0.2) is 142 Å². The van der Waals surface area contributed by atoms with Gasteiger partial charge >= 0.3 is 0 Å². The molecule has 6 heteroatoms. The van der Waals surface area contributed by atoms with Crippen LogP contribution in [0.1, 0.15) is 206 Å². The molecule has 340 valence electrons. The Labute approximate surface area is 353 Å². The first-order valence-corrected chi connectivity index (χ1v) is 23.5. The molecule has 1 aliphatic carbocycles. The minimum absolute atomic E-state index is 0.676. The van der Waals surface area contributed by atoms with Crippen molar-refractivity contribution in [3.63, 3.8) is 0 Å². The van der Waals surface area contributed by atoms with E-state index in [-0.39, 0.29) is 0 Å². The van der Waals surface area contributed by atoms with E-state index in [0.29, 0.717) is 72.5 Å². The molecule has 0 spiro atoms. The summed E-state index contributed by atoms with van der Waals surface area (Å²) >= 11 is 0. The van der Waals surface area contributed by atoms with Crippen molar-refractivity contribution in [3.05, 3.63) is 0 Å². The highest BCUT2D eigenvalue weighted by Crippen LogP contribution is 2.28. The van der Waals surface area contributed by atoms with Gasteiger partial charge in [0, 0.05) is 79.0 Å². The van der Waals surface area contributed by atoms with Crippen LogP contribution in [0.25, 0.3) is 0 Å². The van der Waals surface area contributed by atoms with E-state index in [1.165, 1.54) is 25.8 Å². The highest BCUT2D eigenvalue weighted by Gasteiger charge is 2.23. The summed E-state index contributed by atoms with van der Waals surface area (Å²) in [5.41, 5.74) is 0. The standard InChI is InChI=1S/C11H23N.3C8H19N.2C7H17N/c1-9(2)12(10(3)4)8-11-6-5-7-11;3*1-6-9(7(2)3)8(4)5;2*1-6(2)8(5)7(3)4/h9-11H,5-8H2,1-4H3;3*7-8H,6H2,1-5H3;2*6-7H,1-5H3. The summed E-state index contributed by atoms with van der Waals surface area (Å²) in [5.74, 6) is 1.01. The van der Waals surface area contributed by atoms with Crippen molar-refractivity contribution in [2.45, 2.75) is 279 Å². The summed E-state index contributed by atoms with van der Waals surface area (Å²) in [7, 11) is 4.30. The Morgan fingerprint density at radius 1 is 0.309 bits per heavy atom. The van der Waals surface area contributed by atoms with E-state index in [1.54, 1.807) is 0 Å². The van der Waals surface area contributed by atoms with E-state index >= 15 is 0 Å². The van der Waals surface area contributed by atoms with Crippen LogP contribution in [0, 0.1) is 5.92 Å². The molecule has 0 bridgehead atoms. The second kappa shape index (κ2) is 36.8. The van der Waals surface area contributed by atoms with Crippen LogP contribution in [-0.2, 0) is 0 Å². The molecule has 0 saturated heterocycles. The second-order valence-electron chi connectivity index (χ2n) is 19.4. The normalized spacial score (nSPS) is 13.6. The lowest BCUT2D eigenvalue weighted by Crippen LogP contribution is -2.41. The van der Waals surface area contributed by atoms with Gasteiger partial charge in [-0.15, -0.1) is 0 Å². The van der Waals surface area contributed by atoms with Gasteiger partial charge in [-0.2, -0.15) is 0 Å². The van der Waals surface area contributed by atoms with Crippen LogP contribution in [0.2, 0.25) is 0 Å². The summed E-state index contributed by atoms with van der Waals surface area (Å²) in [4.78, 5) is 14.7. The van der Waals surface area contributed by atoms with Crippen molar-refractivity contribution in [1.29, 1.82) is 0 Å². The van der Waals surface area contributed by atoms with Crippen LogP contribution in [0.5, 0.6) is 0 Å². The fourth-order valence-corrected chi connectivity index (χ4v) is 7.16. The molecular formula is C49H114N6. The third-order valence-corrected chi connectivity index (χ3v) is 11.4. The fraction of sp³-hybridized carbons (Fsp3) is 1.00. The minimum Gasteiger partial charge on any atom is -0.302 e. The molecule has 0 aromatic rings. The molecule has 0 unspecified atom stereocenters. The smallest absolute Gasteiger partial charge is 0.00414 e. The van der Waals surface area contributed by atoms with Crippen LogP contribution in [0.3, 0.4) is 0 Å². The first-order valence-electron chi connectivity index (χ1n) is 23.5. The molecule has 1 rings (SSSR count). The molecule has 1 aliphatic rings. The highest BCUT2D eigenvalue weighted by molar-refractivity contribution is 4.77. The fourth-order valence-electron chi connectivity index (χ4n) is 7.16. The molecule has 0 radical (unpaired) electrons. The number of hydrogen-bond donors (Lipinski definition) is 0. The minimum atomic E-state index is 0.676. The molecule has 0 N–H and O–H groups in total. The molecule has 1 saturated carbocycles. The summed E-state index contributed by atoms with van der Waals surface area (Å²) in [5, 5.41) is 0. The summed E-state index contributed by atoms with van der Waals surface area (Å²) in [6, 6.07) is 8.27. The van der Waals surface area contributed by atoms with Crippen LogP contribution >= 0.6 is 0 Å². The molecule has 0 aliphatic heterocycles. The van der Waals surface area contributed by atoms with Crippen molar-refractivity contribution >= 4 is 0 Å². The van der Waals surface area contributed by atoms with E-state index in [4.69, 9.17) is 0 Å². The third kappa shape index (κ3) is 35.4. The van der Waals surface area contributed by atoms with Crippen molar-refractivity contribution in [1.82, 2.24) is 29.4 Å². The lowest BCUT2D eigenvalue weighted by Gasteiger charge is -2.37. The molecular weight excluding hydrogens is 673 g/mol. The average Bonchev–Trinajstić information content (AvgIpc) is 3.00. The molecule has 0 aromatic heterocycles. The van der Waals surface area contributed by atoms with Gasteiger partial charge in [-0.3, -0.25) is 19.6 Å². The molecule has 1 fully saturated rings. The summed E-state index contributed by atoms with van der Waals surface area (Å²) in [6.45, 7) is 65.2. The Balaban J connectivity index is -0.000000183. The van der Waals surface area contributed by atoms with Gasteiger partial charge in [0.05, 0.1) is 0 Å². The number of hydrogen-bond acceptors (Lipinski definition) is 6. The van der Waals surface area contributed by atoms with Gasteiger partial charge in [-0.05, 0) is 219 Å². The van der Waals surface area contributed by atoms with E-state index in [2.05, 4.69) is 230 Å². The monoisotopic (exact) mass is 787 g/mol. The van der Waals surface area contributed by atoms with Crippen LogP contribution < -0.4 is 0 Å². The number of nitrogens with zero attached hydrogens (tertiary/aromatic N) is 6. The van der Waals surface area contributed by atoms with E-state index < -0.39 is 0 Å². The van der Waals surface area contributed by atoms with Crippen molar-refractivity contribution in [3.8, 4) is 0 Å². The van der Waals surface area contributed by atoms with Gasteiger partial charge in [-0.25, -0.2) is 0 Å². The van der Waals surface area contributed by atoms with E-state index in [9.17, 15) is 0 Å². The molecule has 0 heterocycles. The maximum absolute atomic E-state index is 2.61. The molecule has 0 aromatic carbocycles. The lowest BCUT2D eigenvalue weighted by atomic mass is 9.84. The highest BCUT2D eigenvalue weighted by atomic mass is 15.2. The second-order valence-corrected chi connectivity index (χ2v) is 19.4. The van der Waals surface area contributed by atoms with E-state index in [1.807, 2.05) is 0 Å². The Kier molecular flexibility index (Phi) is 42.8. The average molecular weight is 787 g/mol. The maximum atomic E-state index is 2.61. The zero-order valence-electron chi connectivity index (χ0n) is 44.1. The molecule has 0 atom stereocenters. The van der Waals surface area contributed by atoms with Crippen LogP contribution in [0.15, 0.2) is 0 Å². The Bertz CT molecular complexity index is 654. The SMILES string of the molecule is CC(C)N(C)C(C)C.CC(C)N(C)C(C)C.CC(C)N(CC1CCC1)C(C)C.CCN(C(C)C)C(C)C.CCN(C(C)C)C(C)C.CCN(C(C)C)C(C)C. The van der Waals surface area contributed by atoms with Gasteiger partial charge in [0.1, 0.15) is 0 Å². The Morgan fingerprint density at radius 2 is 0.491 bits per heavy atom. The Hall–Kier alpha value is -0.240. The van der Waals surface area contributed by atoms with Gasteiger partial charge in [0.2, 0.25) is 0 Å². The van der Waals surface area contributed by atoms with Crippen molar-refractivity contribution in [2.75, 3.05) is 40.3 Å². The summed E-state index contributed by atoms with van der Waals surface area (Å²) in [6.07, 6.45) is 4.40. The van der Waals surface area contributed by atoms with Gasteiger partial charge in [0.15, 0.2) is 0 Å². The quantitative estimate of drug-likeness (QED) is 0.145. The molecule has 55 heavy (non-hydrogen) atoms. The first-order chi connectivity index (χ1) is 25.0. The van der Waals surface area contributed by atoms with Crippen LogP contribution in [0.4, 0.5) is 0 Å². The lowest BCUT2D eigenvalue weighted by molar-refractivity contribution is 0.116. The predicted octanol–water partition coefficient (Wildman–Crippen LogP) is 12.8. The topological polar surface area (TPSA) is 19.4 Å². The molecule has 0 amide bonds.